The van der Waals surface area contributed by atoms with Gasteiger partial charge in [-0.25, -0.2) is 0 Å². The summed E-state index contributed by atoms with van der Waals surface area (Å²) in [5, 5.41) is 23.3. The van der Waals surface area contributed by atoms with Gasteiger partial charge in [-0.2, -0.15) is 0 Å². The maximum absolute atomic E-state index is 12.5. The molecule has 0 rings (SSSR count). The molecule has 0 aromatic rings. The predicted octanol–water partition coefficient (Wildman–Crippen LogP) is 17.9. The molecule has 6 nitrogen and oxygen atoms in total. The van der Waals surface area contributed by atoms with Crippen molar-refractivity contribution in [1.29, 1.82) is 0 Å². The molecule has 0 spiro atoms. The van der Waals surface area contributed by atoms with Gasteiger partial charge in [-0.05, 0) is 25.7 Å². The third-order valence-electron chi connectivity index (χ3n) is 13.9. The van der Waals surface area contributed by atoms with Crippen molar-refractivity contribution in [2.24, 2.45) is 0 Å². The summed E-state index contributed by atoms with van der Waals surface area (Å²) in [7, 11) is 0. The summed E-state index contributed by atoms with van der Waals surface area (Å²) in [6.45, 7) is 4.97. The Hall–Kier alpha value is -1.14. The van der Waals surface area contributed by atoms with Gasteiger partial charge in [-0.3, -0.25) is 9.59 Å². The second-order valence-electron chi connectivity index (χ2n) is 20.3. The average molecular weight is 907 g/mol. The zero-order valence-electron chi connectivity index (χ0n) is 43.5. The molecule has 0 aromatic carbocycles. The first-order valence-electron chi connectivity index (χ1n) is 29.3. The highest BCUT2D eigenvalue weighted by Gasteiger charge is 2.20. The monoisotopic (exact) mass is 906 g/mol. The van der Waals surface area contributed by atoms with E-state index in [-0.39, 0.29) is 18.5 Å². The highest BCUT2D eigenvalue weighted by atomic mass is 16.5. The Bertz CT molecular complexity index is 913. The number of rotatable bonds is 55. The van der Waals surface area contributed by atoms with Crippen molar-refractivity contribution in [1.82, 2.24) is 5.32 Å². The molecule has 0 saturated heterocycles. The van der Waals surface area contributed by atoms with Gasteiger partial charge in [0.1, 0.15) is 0 Å². The van der Waals surface area contributed by atoms with Crippen LogP contribution in [0.4, 0.5) is 0 Å². The van der Waals surface area contributed by atoms with E-state index in [4.69, 9.17) is 4.74 Å². The topological polar surface area (TPSA) is 95.9 Å². The van der Waals surface area contributed by atoms with Crippen LogP contribution in [0.15, 0.2) is 0 Å². The average Bonchev–Trinajstić information content (AvgIpc) is 3.29. The van der Waals surface area contributed by atoms with Crippen molar-refractivity contribution in [3.05, 3.63) is 0 Å². The molecule has 0 heterocycles. The van der Waals surface area contributed by atoms with Crippen molar-refractivity contribution < 1.29 is 24.5 Å². The molecule has 0 saturated carbocycles. The fraction of sp³-hybridized carbons (Fsp3) is 0.966. The van der Waals surface area contributed by atoms with E-state index in [0.717, 1.165) is 38.5 Å². The van der Waals surface area contributed by atoms with Gasteiger partial charge in [0.25, 0.3) is 0 Å². The maximum atomic E-state index is 12.5. The second-order valence-corrected chi connectivity index (χ2v) is 20.3. The normalized spacial score (nSPS) is 12.5. The molecule has 382 valence electrons. The number of aliphatic hydroxyl groups is 2. The molecule has 1 amide bonds. The largest absolute Gasteiger partial charge is 0.466 e. The van der Waals surface area contributed by atoms with E-state index in [0.29, 0.717) is 25.9 Å². The Morgan fingerprint density at radius 3 is 0.953 bits per heavy atom. The van der Waals surface area contributed by atoms with Gasteiger partial charge in [-0.15, -0.1) is 0 Å². The minimum Gasteiger partial charge on any atom is -0.466 e. The van der Waals surface area contributed by atoms with Crippen LogP contribution in [-0.2, 0) is 14.3 Å². The third-order valence-corrected chi connectivity index (χ3v) is 13.9. The van der Waals surface area contributed by atoms with Crippen LogP contribution in [0.25, 0.3) is 0 Å². The van der Waals surface area contributed by atoms with Crippen LogP contribution in [-0.4, -0.2) is 47.4 Å². The van der Waals surface area contributed by atoms with Crippen molar-refractivity contribution >= 4 is 11.9 Å². The molecule has 0 bridgehead atoms. The van der Waals surface area contributed by atoms with E-state index in [1.165, 1.54) is 263 Å². The van der Waals surface area contributed by atoms with Crippen LogP contribution in [0.1, 0.15) is 335 Å². The first-order chi connectivity index (χ1) is 31.5. The molecule has 64 heavy (non-hydrogen) atoms. The number of amides is 1. The zero-order valence-corrected chi connectivity index (χ0v) is 43.5. The minimum absolute atomic E-state index is 0.0111. The summed E-state index contributed by atoms with van der Waals surface area (Å²) in [4.78, 5) is 24.5. The van der Waals surface area contributed by atoms with Gasteiger partial charge in [0.15, 0.2) is 0 Å². The lowest BCUT2D eigenvalue weighted by Gasteiger charge is -2.22. The predicted molar refractivity (Wildman–Crippen MR) is 278 cm³/mol. The zero-order chi connectivity index (χ0) is 46.5. The van der Waals surface area contributed by atoms with Crippen molar-refractivity contribution in [2.75, 3.05) is 13.2 Å². The summed E-state index contributed by atoms with van der Waals surface area (Å²) in [6.07, 6.45) is 62.3. The molecule has 0 aromatic heterocycles. The smallest absolute Gasteiger partial charge is 0.305 e. The number of nitrogens with one attached hydrogen (secondary N) is 1. The molecule has 0 aliphatic rings. The van der Waals surface area contributed by atoms with E-state index in [1.807, 2.05) is 0 Å². The number of carbonyl (C=O) groups excluding carboxylic acids is 2. The van der Waals surface area contributed by atoms with Crippen LogP contribution in [0, 0.1) is 0 Å². The molecule has 6 heteroatoms. The van der Waals surface area contributed by atoms with E-state index in [1.54, 1.807) is 0 Å². The summed E-state index contributed by atoms with van der Waals surface area (Å²) in [5.41, 5.74) is 0. The van der Waals surface area contributed by atoms with Crippen LogP contribution in [0.3, 0.4) is 0 Å². The lowest BCUT2D eigenvalue weighted by Crippen LogP contribution is -2.45. The quantitative estimate of drug-likeness (QED) is 0.0417. The number of hydrogen-bond acceptors (Lipinski definition) is 5. The number of unbranched alkanes of at least 4 members (excludes halogenated alkanes) is 44. The lowest BCUT2D eigenvalue weighted by atomic mass is 10.0. The number of hydrogen-bond donors (Lipinski definition) is 3. The number of aliphatic hydroxyl groups excluding tert-OH is 2. The van der Waals surface area contributed by atoms with E-state index in [9.17, 15) is 19.8 Å². The lowest BCUT2D eigenvalue weighted by molar-refractivity contribution is -0.143. The molecule has 2 atom stereocenters. The Morgan fingerprint density at radius 1 is 0.375 bits per heavy atom. The van der Waals surface area contributed by atoms with Crippen molar-refractivity contribution in [3.63, 3.8) is 0 Å². The second kappa shape index (κ2) is 54.5. The van der Waals surface area contributed by atoms with Crippen molar-refractivity contribution in [3.8, 4) is 0 Å². The Balaban J connectivity index is 3.38. The number of esters is 1. The molecule has 0 aliphatic carbocycles. The fourth-order valence-electron chi connectivity index (χ4n) is 9.41. The Kier molecular flexibility index (Phi) is 53.5. The molecular weight excluding hydrogens is 791 g/mol. The fourth-order valence-corrected chi connectivity index (χ4v) is 9.41. The third kappa shape index (κ3) is 50.3. The van der Waals surface area contributed by atoms with E-state index >= 15 is 0 Å². The Morgan fingerprint density at radius 2 is 0.641 bits per heavy atom. The van der Waals surface area contributed by atoms with Gasteiger partial charge >= 0.3 is 5.97 Å². The molecule has 0 fully saturated rings. The highest BCUT2D eigenvalue weighted by molar-refractivity contribution is 5.76. The van der Waals surface area contributed by atoms with Crippen LogP contribution in [0.5, 0.6) is 0 Å². The highest BCUT2D eigenvalue weighted by Crippen LogP contribution is 2.18. The van der Waals surface area contributed by atoms with Gasteiger partial charge < -0.3 is 20.3 Å². The van der Waals surface area contributed by atoms with Gasteiger partial charge in [0.05, 0.1) is 25.4 Å². The summed E-state index contributed by atoms with van der Waals surface area (Å²) < 4.78 is 5.48. The first-order valence-corrected chi connectivity index (χ1v) is 29.3. The molecule has 3 N–H and O–H groups in total. The van der Waals surface area contributed by atoms with E-state index < -0.39 is 12.1 Å². The number of ether oxygens (including phenoxy) is 1. The van der Waals surface area contributed by atoms with Gasteiger partial charge in [-0.1, -0.05) is 296 Å². The standard InChI is InChI=1S/C58H115NO5/c1-3-5-7-9-11-13-15-17-23-28-32-36-40-44-48-52-58(63)64-53-49-45-41-37-33-29-25-22-20-19-21-24-27-31-35-39-43-47-51-57(62)59-55(54-60)56(61)50-46-42-38-34-30-26-18-16-14-12-10-8-6-4-2/h55-56,60-61H,3-54H2,1-2H3,(H,59,62). The summed E-state index contributed by atoms with van der Waals surface area (Å²) in [6, 6.07) is -0.542. The molecule has 0 aliphatic heterocycles. The van der Waals surface area contributed by atoms with E-state index in [2.05, 4.69) is 19.2 Å². The van der Waals surface area contributed by atoms with Crippen LogP contribution >= 0.6 is 0 Å². The van der Waals surface area contributed by atoms with Crippen LogP contribution in [0.2, 0.25) is 0 Å². The van der Waals surface area contributed by atoms with Crippen molar-refractivity contribution in [2.45, 2.75) is 347 Å². The molecular formula is C58H115NO5. The Labute approximate surface area is 400 Å². The summed E-state index contributed by atoms with van der Waals surface area (Å²) >= 11 is 0. The SMILES string of the molecule is CCCCCCCCCCCCCCCCCC(=O)OCCCCCCCCCCCCCCCCCCCCC(=O)NC(CO)C(O)CCCCCCCCCCCCCCCC. The molecule has 2 unspecified atom stereocenters. The number of carbonyl (C=O) groups is 2. The molecule has 0 radical (unpaired) electrons. The first kappa shape index (κ1) is 62.9. The van der Waals surface area contributed by atoms with Gasteiger partial charge in [0, 0.05) is 12.8 Å². The summed E-state index contributed by atoms with van der Waals surface area (Å²) in [5.74, 6) is -0.0254. The van der Waals surface area contributed by atoms with Crippen LogP contribution < -0.4 is 5.32 Å². The maximum Gasteiger partial charge on any atom is 0.305 e. The van der Waals surface area contributed by atoms with Gasteiger partial charge in [0.2, 0.25) is 5.91 Å². The minimum atomic E-state index is -0.665.